The monoisotopic (exact) mass is 377 g/mol. The molecule has 0 amide bonds. The molecule has 1 aromatic heterocycles. The lowest BCUT2D eigenvalue weighted by molar-refractivity contribution is -0.172. The molecule has 0 spiro atoms. The number of unbranched alkanes of at least 4 members (excludes halogenated alkanes) is 2. The van der Waals surface area contributed by atoms with E-state index in [0.717, 1.165) is 19.3 Å². The summed E-state index contributed by atoms with van der Waals surface area (Å²) in [5, 5.41) is 9.97. The van der Waals surface area contributed by atoms with Crippen molar-refractivity contribution < 1.29 is 28.5 Å². The van der Waals surface area contributed by atoms with E-state index in [-0.39, 0.29) is 30.8 Å². The molecule has 0 aliphatic rings. The number of aliphatic hydroxyl groups is 1. The van der Waals surface area contributed by atoms with E-state index >= 15 is 0 Å². The minimum Gasteiger partial charge on any atom is -0.601 e. The van der Waals surface area contributed by atoms with Crippen molar-refractivity contribution in [2.24, 2.45) is 0 Å². The second-order valence-corrected chi connectivity index (χ2v) is 8.31. The molecule has 0 aliphatic heterocycles. The smallest absolute Gasteiger partial charge is 0.334 e. The SMILES string of the molecule is CCCCO/[P+]([O-])=C(\O)c1cccc(CP(=O)(O)OCCCC)n1. The number of aliphatic hydroxyl groups excluding tert-OH is 1. The van der Waals surface area contributed by atoms with Crippen molar-refractivity contribution in [3.05, 3.63) is 29.6 Å². The lowest BCUT2D eigenvalue weighted by Gasteiger charge is -2.11. The summed E-state index contributed by atoms with van der Waals surface area (Å²) in [6, 6.07) is 4.58. The van der Waals surface area contributed by atoms with Gasteiger partial charge in [-0.2, -0.15) is 4.52 Å². The van der Waals surface area contributed by atoms with Crippen molar-refractivity contribution in [1.29, 1.82) is 0 Å². The molecule has 0 saturated carbocycles. The van der Waals surface area contributed by atoms with Gasteiger partial charge < -0.3 is 19.4 Å². The molecule has 0 fully saturated rings. The van der Waals surface area contributed by atoms with Crippen LogP contribution < -0.4 is 4.89 Å². The predicted octanol–water partition coefficient (Wildman–Crippen LogP) is 2.92. The number of aromatic nitrogens is 1. The van der Waals surface area contributed by atoms with Crippen molar-refractivity contribution >= 4 is 21.1 Å². The second-order valence-electron chi connectivity index (χ2n) is 5.26. The fraction of sp³-hybridized carbons (Fsp3) is 0.600. The molecule has 24 heavy (non-hydrogen) atoms. The van der Waals surface area contributed by atoms with Crippen LogP contribution in [0.5, 0.6) is 0 Å². The van der Waals surface area contributed by atoms with Gasteiger partial charge in [-0.3, -0.25) is 4.57 Å². The molecule has 1 heterocycles. The summed E-state index contributed by atoms with van der Waals surface area (Å²) in [4.78, 5) is 25.7. The Kier molecular flexibility index (Phi) is 9.86. The highest BCUT2D eigenvalue weighted by atomic mass is 31.2. The molecule has 2 unspecified atom stereocenters. The number of rotatable bonds is 11. The summed E-state index contributed by atoms with van der Waals surface area (Å²) >= 11 is 0. The van der Waals surface area contributed by atoms with Crippen LogP contribution >= 0.6 is 15.6 Å². The van der Waals surface area contributed by atoms with Gasteiger partial charge in [-0.1, -0.05) is 32.8 Å². The zero-order valence-corrected chi connectivity index (χ0v) is 15.8. The Balaban J connectivity index is 2.78. The molecular weight excluding hydrogens is 352 g/mol. The lowest BCUT2D eigenvalue weighted by atomic mass is 10.3. The first-order valence-corrected chi connectivity index (χ1v) is 10.9. The maximum Gasteiger partial charge on any atom is 0.334 e. The van der Waals surface area contributed by atoms with Crippen molar-refractivity contribution in [3.8, 4) is 0 Å². The Morgan fingerprint density at radius 1 is 1.29 bits per heavy atom. The van der Waals surface area contributed by atoms with Crippen LogP contribution in [-0.4, -0.2) is 33.7 Å². The molecule has 0 aromatic carbocycles. The minimum absolute atomic E-state index is 0.0682. The first-order chi connectivity index (χ1) is 11.4. The number of hydrogen-bond acceptors (Lipinski definition) is 5. The van der Waals surface area contributed by atoms with Crippen LogP contribution in [0, 0.1) is 0 Å². The van der Waals surface area contributed by atoms with Gasteiger partial charge in [-0.05, 0) is 25.0 Å². The molecule has 0 aliphatic carbocycles. The molecule has 1 rings (SSSR count). The maximum atomic E-state index is 12.0. The van der Waals surface area contributed by atoms with Gasteiger partial charge in [-0.25, -0.2) is 4.98 Å². The van der Waals surface area contributed by atoms with Crippen molar-refractivity contribution in [1.82, 2.24) is 4.98 Å². The van der Waals surface area contributed by atoms with Crippen molar-refractivity contribution in [2.75, 3.05) is 13.2 Å². The number of nitrogens with zero attached hydrogens (tertiary/aromatic N) is 1. The quantitative estimate of drug-likeness (QED) is 0.450. The summed E-state index contributed by atoms with van der Waals surface area (Å²) in [6.45, 7) is 4.42. The van der Waals surface area contributed by atoms with Crippen LogP contribution in [0.4, 0.5) is 0 Å². The van der Waals surface area contributed by atoms with E-state index in [9.17, 15) is 19.5 Å². The minimum atomic E-state index is -3.80. The average molecular weight is 377 g/mol. The molecule has 2 atom stereocenters. The van der Waals surface area contributed by atoms with Crippen molar-refractivity contribution in [2.45, 2.75) is 45.7 Å². The number of pyridine rings is 1. The van der Waals surface area contributed by atoms with Gasteiger partial charge in [0.1, 0.15) is 5.69 Å². The Labute approximate surface area is 143 Å². The standard InChI is InChI=1S/C15H25NO6P2/c1-3-5-10-21-23(18)15(17)14-9-7-8-13(16-14)12-24(19,20)22-11-6-4-2/h7-9,17H,3-6,10-12H2,1-2H3,(H,19,20). The molecular formula is C15H25NO6P2. The third-order valence-corrected chi connectivity index (χ3v) is 5.37. The fourth-order valence-electron chi connectivity index (χ4n) is 1.74. The Bertz CT molecular complexity index is 593. The van der Waals surface area contributed by atoms with Gasteiger partial charge in [0.2, 0.25) is 0 Å². The zero-order chi connectivity index (χ0) is 18.0. The van der Waals surface area contributed by atoms with Gasteiger partial charge in [0.25, 0.3) is 8.00 Å². The van der Waals surface area contributed by atoms with E-state index in [2.05, 4.69) is 4.98 Å². The lowest BCUT2D eigenvalue weighted by Crippen LogP contribution is -2.10. The number of hydrogen-bond donors (Lipinski definition) is 2. The second kappa shape index (κ2) is 11.1. The molecule has 2 N–H and O–H groups in total. The third-order valence-electron chi connectivity index (χ3n) is 3.07. The summed E-state index contributed by atoms with van der Waals surface area (Å²) < 4.78 is 22.1. The molecule has 136 valence electrons. The van der Waals surface area contributed by atoms with Gasteiger partial charge in [0.05, 0.1) is 25.1 Å². The molecule has 7 nitrogen and oxygen atoms in total. The first kappa shape index (κ1) is 21.4. The van der Waals surface area contributed by atoms with Gasteiger partial charge in [0, 0.05) is 0 Å². The Hall–Kier alpha value is -0.650. The van der Waals surface area contributed by atoms with E-state index < -0.39 is 21.1 Å². The van der Waals surface area contributed by atoms with Crippen LogP contribution in [0.25, 0.3) is 0 Å². The van der Waals surface area contributed by atoms with Crippen molar-refractivity contribution in [3.63, 3.8) is 0 Å². The van der Waals surface area contributed by atoms with E-state index in [1.165, 1.54) is 6.07 Å². The molecule has 1 aromatic rings. The molecule has 9 heteroatoms. The van der Waals surface area contributed by atoms with Crippen LogP contribution in [-0.2, 0) is 19.8 Å². The summed E-state index contributed by atoms with van der Waals surface area (Å²) in [5.41, 5.74) is -0.125. The highest BCUT2D eigenvalue weighted by Gasteiger charge is 2.22. The maximum absolute atomic E-state index is 12.0. The molecule has 0 saturated heterocycles. The summed E-state index contributed by atoms with van der Waals surface area (Å²) in [5.74, 6) is 0. The molecule has 0 radical (unpaired) electrons. The van der Waals surface area contributed by atoms with Crippen LogP contribution in [0.3, 0.4) is 0 Å². The average Bonchev–Trinajstić information content (AvgIpc) is 2.54. The van der Waals surface area contributed by atoms with E-state index in [1.807, 2.05) is 13.8 Å². The highest BCUT2D eigenvalue weighted by Crippen LogP contribution is 2.45. The largest absolute Gasteiger partial charge is 0.601 e. The fourth-order valence-corrected chi connectivity index (χ4v) is 3.56. The first-order valence-electron chi connectivity index (χ1n) is 7.98. The van der Waals surface area contributed by atoms with E-state index in [0.29, 0.717) is 6.42 Å². The predicted molar refractivity (Wildman–Crippen MR) is 92.5 cm³/mol. The molecule has 0 bridgehead atoms. The summed E-state index contributed by atoms with van der Waals surface area (Å²) in [7, 11) is -6.19. The van der Waals surface area contributed by atoms with Crippen LogP contribution in [0.1, 0.15) is 50.9 Å². The van der Waals surface area contributed by atoms with Gasteiger partial charge >= 0.3 is 13.1 Å². The van der Waals surface area contributed by atoms with E-state index in [1.54, 1.807) is 12.1 Å². The third kappa shape index (κ3) is 7.95. The van der Waals surface area contributed by atoms with Gasteiger partial charge in [-0.15, -0.1) is 0 Å². The Morgan fingerprint density at radius 2 is 1.96 bits per heavy atom. The topological polar surface area (TPSA) is 112 Å². The zero-order valence-electron chi connectivity index (χ0n) is 14.1. The Morgan fingerprint density at radius 3 is 2.62 bits per heavy atom. The van der Waals surface area contributed by atoms with Crippen LogP contribution in [0.2, 0.25) is 0 Å². The van der Waals surface area contributed by atoms with Crippen LogP contribution in [0.15, 0.2) is 18.2 Å². The van der Waals surface area contributed by atoms with E-state index in [4.69, 9.17) is 9.05 Å². The normalized spacial score (nSPS) is 15.0. The van der Waals surface area contributed by atoms with Gasteiger partial charge in [0.15, 0.2) is 0 Å². The highest BCUT2D eigenvalue weighted by molar-refractivity contribution is 7.51. The summed E-state index contributed by atoms with van der Waals surface area (Å²) in [6.07, 6.45) is 2.92.